The van der Waals surface area contributed by atoms with E-state index in [9.17, 15) is 9.90 Å². The summed E-state index contributed by atoms with van der Waals surface area (Å²) in [6.45, 7) is 3.99. The van der Waals surface area contributed by atoms with Crippen LogP contribution in [0.5, 0.6) is 0 Å². The minimum atomic E-state index is -0.439. The van der Waals surface area contributed by atoms with Crippen LogP contribution in [0.1, 0.15) is 30.3 Å². The number of nitrogens with zero attached hydrogens (tertiary/aromatic N) is 3. The van der Waals surface area contributed by atoms with E-state index in [4.69, 9.17) is 5.73 Å². The molecule has 0 aliphatic carbocycles. The van der Waals surface area contributed by atoms with Gasteiger partial charge < -0.3 is 25.2 Å². The summed E-state index contributed by atoms with van der Waals surface area (Å²) in [6, 6.07) is 1.78. The molecule has 0 bridgehead atoms. The van der Waals surface area contributed by atoms with Gasteiger partial charge in [0.25, 0.3) is 5.91 Å². The monoisotopic (exact) mass is 294 g/mol. The minimum absolute atomic E-state index is 0.0384. The lowest BCUT2D eigenvalue weighted by Gasteiger charge is -2.27. The van der Waals surface area contributed by atoms with Gasteiger partial charge in [0.1, 0.15) is 5.69 Å². The summed E-state index contributed by atoms with van der Waals surface area (Å²) >= 11 is 0. The first-order valence-electron chi connectivity index (χ1n) is 7.51. The molecule has 2 unspecified atom stereocenters. The number of aryl methyl sites for hydroxylation is 1. The Morgan fingerprint density at radius 1 is 1.52 bits per heavy atom. The number of aliphatic hydroxyl groups is 1. The first kappa shape index (κ1) is 15.9. The standard InChI is InChI=1S/C15H26N4O2/c1-4-5-18-8-11(16)6-14(18)15(21)19-10-13(20)7-12(19)9-17(2)3/h6,8,12-13,20H,4-5,7,9-10,16H2,1-3H3. The van der Waals surface area contributed by atoms with E-state index in [0.29, 0.717) is 24.3 Å². The summed E-state index contributed by atoms with van der Waals surface area (Å²) in [6.07, 6.45) is 2.95. The van der Waals surface area contributed by atoms with Gasteiger partial charge in [-0.05, 0) is 33.0 Å². The second kappa shape index (κ2) is 6.49. The number of carbonyl (C=O) groups is 1. The van der Waals surface area contributed by atoms with E-state index in [1.165, 1.54) is 0 Å². The molecule has 0 spiro atoms. The molecule has 6 heteroatoms. The Labute approximate surface area is 126 Å². The average molecular weight is 294 g/mol. The molecule has 1 aliphatic heterocycles. The van der Waals surface area contributed by atoms with Gasteiger partial charge in [-0.1, -0.05) is 6.92 Å². The van der Waals surface area contributed by atoms with Crippen LogP contribution >= 0.6 is 0 Å². The maximum Gasteiger partial charge on any atom is 0.270 e. The van der Waals surface area contributed by atoms with Gasteiger partial charge in [-0.15, -0.1) is 0 Å². The highest BCUT2D eigenvalue weighted by Gasteiger charge is 2.35. The number of anilines is 1. The summed E-state index contributed by atoms with van der Waals surface area (Å²) in [4.78, 5) is 16.6. The number of hydrogen-bond acceptors (Lipinski definition) is 4. The lowest BCUT2D eigenvalue weighted by atomic mass is 10.2. The molecule has 1 amide bonds. The topological polar surface area (TPSA) is 74.7 Å². The second-order valence-electron chi connectivity index (χ2n) is 6.12. The normalized spacial score (nSPS) is 22.2. The van der Waals surface area contributed by atoms with E-state index in [2.05, 4.69) is 6.92 Å². The third-order valence-electron chi connectivity index (χ3n) is 3.83. The van der Waals surface area contributed by atoms with Gasteiger partial charge in [0.15, 0.2) is 0 Å². The van der Waals surface area contributed by atoms with Gasteiger partial charge in [0.05, 0.1) is 11.8 Å². The number of rotatable bonds is 5. The third kappa shape index (κ3) is 3.57. The molecule has 21 heavy (non-hydrogen) atoms. The molecule has 0 radical (unpaired) electrons. The van der Waals surface area contributed by atoms with Gasteiger partial charge in [-0.3, -0.25) is 4.79 Å². The molecule has 0 aromatic carbocycles. The van der Waals surface area contributed by atoms with Crippen LogP contribution in [0.3, 0.4) is 0 Å². The maximum absolute atomic E-state index is 12.8. The number of β-amino-alcohol motifs (C(OH)–C–C–N with tert-alkyl or cyclic N) is 1. The molecule has 1 saturated heterocycles. The summed E-state index contributed by atoms with van der Waals surface area (Å²) in [5, 5.41) is 9.91. The number of carbonyl (C=O) groups excluding carboxylic acids is 1. The van der Waals surface area contributed by atoms with Crippen LogP contribution < -0.4 is 5.73 Å². The number of aliphatic hydroxyl groups excluding tert-OH is 1. The fourth-order valence-electron chi connectivity index (χ4n) is 3.02. The van der Waals surface area contributed by atoms with Crippen LogP contribution in [0.25, 0.3) is 0 Å². The Bertz CT molecular complexity index is 498. The van der Waals surface area contributed by atoms with Crippen molar-refractivity contribution < 1.29 is 9.90 Å². The molecule has 1 fully saturated rings. The minimum Gasteiger partial charge on any atom is -0.397 e. The second-order valence-corrected chi connectivity index (χ2v) is 6.12. The first-order chi connectivity index (χ1) is 9.92. The number of nitrogen functional groups attached to an aromatic ring is 1. The van der Waals surface area contributed by atoms with Gasteiger partial charge in [0.2, 0.25) is 0 Å². The highest BCUT2D eigenvalue weighted by atomic mass is 16.3. The molecular weight excluding hydrogens is 268 g/mol. The van der Waals surface area contributed by atoms with E-state index in [0.717, 1.165) is 19.5 Å². The molecule has 0 saturated carbocycles. The van der Waals surface area contributed by atoms with Crippen LogP contribution in [0, 0.1) is 0 Å². The van der Waals surface area contributed by atoms with Crippen LogP contribution in [0.2, 0.25) is 0 Å². The Balaban J connectivity index is 2.21. The van der Waals surface area contributed by atoms with Crippen molar-refractivity contribution in [2.24, 2.45) is 0 Å². The summed E-state index contributed by atoms with van der Waals surface area (Å²) in [7, 11) is 3.95. The van der Waals surface area contributed by atoms with E-state index < -0.39 is 6.10 Å². The van der Waals surface area contributed by atoms with Crippen molar-refractivity contribution >= 4 is 11.6 Å². The van der Waals surface area contributed by atoms with Gasteiger partial charge in [-0.2, -0.15) is 0 Å². The number of likely N-dealkylation sites (N-methyl/N-ethyl adjacent to an activating group) is 1. The summed E-state index contributed by atoms with van der Waals surface area (Å²) in [5.41, 5.74) is 7.06. The molecule has 2 rings (SSSR count). The van der Waals surface area contributed by atoms with E-state index in [-0.39, 0.29) is 11.9 Å². The van der Waals surface area contributed by atoms with Crippen molar-refractivity contribution in [3.05, 3.63) is 18.0 Å². The Hall–Kier alpha value is -1.53. The Kier molecular flexibility index (Phi) is 4.90. The fraction of sp³-hybridized carbons (Fsp3) is 0.667. The average Bonchev–Trinajstić information content (AvgIpc) is 2.92. The van der Waals surface area contributed by atoms with Crippen molar-refractivity contribution in [2.45, 2.75) is 38.5 Å². The maximum atomic E-state index is 12.8. The Morgan fingerprint density at radius 2 is 2.24 bits per heavy atom. The number of likely N-dealkylation sites (tertiary alicyclic amines) is 1. The van der Waals surface area contributed by atoms with Crippen LogP contribution in [0.4, 0.5) is 5.69 Å². The van der Waals surface area contributed by atoms with Crippen molar-refractivity contribution in [3.63, 3.8) is 0 Å². The molecule has 3 N–H and O–H groups in total. The summed E-state index contributed by atoms with van der Waals surface area (Å²) in [5.74, 6) is -0.0384. The zero-order valence-electron chi connectivity index (χ0n) is 13.1. The number of nitrogens with two attached hydrogens (primary N) is 1. The SMILES string of the molecule is CCCn1cc(N)cc1C(=O)N1CC(O)CC1CN(C)C. The number of amides is 1. The molecule has 6 nitrogen and oxygen atoms in total. The van der Waals surface area contributed by atoms with Crippen molar-refractivity contribution in [2.75, 3.05) is 32.9 Å². The predicted molar refractivity (Wildman–Crippen MR) is 83.1 cm³/mol. The van der Waals surface area contributed by atoms with E-state index in [1.807, 2.05) is 29.8 Å². The Morgan fingerprint density at radius 3 is 2.86 bits per heavy atom. The number of aromatic nitrogens is 1. The van der Waals surface area contributed by atoms with Crippen molar-refractivity contribution in [3.8, 4) is 0 Å². The molecule has 1 aromatic heterocycles. The highest BCUT2D eigenvalue weighted by Crippen LogP contribution is 2.23. The number of hydrogen-bond donors (Lipinski definition) is 2. The molecule has 1 aromatic rings. The molecular formula is C15H26N4O2. The lowest BCUT2D eigenvalue weighted by Crippen LogP contribution is -2.42. The lowest BCUT2D eigenvalue weighted by molar-refractivity contribution is 0.0688. The molecule has 1 aliphatic rings. The van der Waals surface area contributed by atoms with Gasteiger partial charge in [0, 0.05) is 31.9 Å². The smallest absolute Gasteiger partial charge is 0.270 e. The molecule has 2 heterocycles. The molecule has 118 valence electrons. The zero-order valence-corrected chi connectivity index (χ0v) is 13.1. The van der Waals surface area contributed by atoms with Gasteiger partial charge >= 0.3 is 0 Å². The van der Waals surface area contributed by atoms with E-state index >= 15 is 0 Å². The van der Waals surface area contributed by atoms with Crippen molar-refractivity contribution in [1.29, 1.82) is 0 Å². The third-order valence-corrected chi connectivity index (χ3v) is 3.83. The first-order valence-corrected chi connectivity index (χ1v) is 7.51. The highest BCUT2D eigenvalue weighted by molar-refractivity contribution is 5.94. The largest absolute Gasteiger partial charge is 0.397 e. The zero-order chi connectivity index (χ0) is 15.6. The van der Waals surface area contributed by atoms with Gasteiger partial charge in [-0.25, -0.2) is 0 Å². The van der Waals surface area contributed by atoms with Crippen LogP contribution in [-0.2, 0) is 6.54 Å². The van der Waals surface area contributed by atoms with Crippen LogP contribution in [-0.4, -0.2) is 64.7 Å². The molecule has 2 atom stereocenters. The predicted octanol–water partition coefficient (Wildman–Crippen LogP) is 0.617. The van der Waals surface area contributed by atoms with Crippen molar-refractivity contribution in [1.82, 2.24) is 14.4 Å². The van der Waals surface area contributed by atoms with Crippen LogP contribution in [0.15, 0.2) is 12.3 Å². The summed E-state index contributed by atoms with van der Waals surface area (Å²) < 4.78 is 1.91. The fourth-order valence-corrected chi connectivity index (χ4v) is 3.02. The van der Waals surface area contributed by atoms with E-state index in [1.54, 1.807) is 11.0 Å². The quantitative estimate of drug-likeness (QED) is 0.835.